The Bertz CT molecular complexity index is 488. The highest BCUT2D eigenvalue weighted by atomic mass is 35.5. The lowest BCUT2D eigenvalue weighted by Crippen LogP contribution is -2.44. The van der Waals surface area contributed by atoms with Gasteiger partial charge in [-0.1, -0.05) is 23.7 Å². The van der Waals surface area contributed by atoms with Gasteiger partial charge >= 0.3 is 6.09 Å². The van der Waals surface area contributed by atoms with Gasteiger partial charge in [0.15, 0.2) is 0 Å². The Balaban J connectivity index is 1.79. The highest BCUT2D eigenvalue weighted by molar-refractivity contribution is 6.32. The van der Waals surface area contributed by atoms with Crippen LogP contribution >= 0.6 is 11.6 Å². The molecule has 1 aromatic carbocycles. The molecule has 2 N–H and O–H groups in total. The van der Waals surface area contributed by atoms with Crippen LogP contribution in [0.4, 0.5) is 4.79 Å². The van der Waals surface area contributed by atoms with Crippen LogP contribution in [0.1, 0.15) is 25.3 Å². The minimum absolute atomic E-state index is 0.135. The first kappa shape index (κ1) is 15.9. The van der Waals surface area contributed by atoms with Gasteiger partial charge in [-0.05, 0) is 25.8 Å². The van der Waals surface area contributed by atoms with Crippen LogP contribution in [0.5, 0.6) is 5.75 Å². The van der Waals surface area contributed by atoms with Crippen molar-refractivity contribution in [3.63, 3.8) is 0 Å². The Morgan fingerprint density at radius 3 is 2.86 bits per heavy atom. The summed E-state index contributed by atoms with van der Waals surface area (Å²) in [6.45, 7) is 4.17. The third-order valence-electron chi connectivity index (χ3n) is 3.67. The molecule has 1 fully saturated rings. The smallest absolute Gasteiger partial charge is 0.409 e. The number of carbonyl (C=O) groups excluding carboxylic acids is 1. The van der Waals surface area contributed by atoms with E-state index in [1.54, 1.807) is 11.0 Å². The zero-order valence-electron chi connectivity index (χ0n) is 12.1. The second-order valence-electron chi connectivity index (χ2n) is 5.09. The number of hydrogen-bond acceptors (Lipinski definition) is 4. The largest absolute Gasteiger partial charge is 0.506 e. The van der Waals surface area contributed by atoms with Gasteiger partial charge in [-0.25, -0.2) is 4.79 Å². The predicted octanol–water partition coefficient (Wildman–Crippen LogP) is 2.76. The molecule has 0 spiro atoms. The molecule has 0 radical (unpaired) electrons. The molecule has 116 valence electrons. The van der Waals surface area contributed by atoms with Crippen LogP contribution in [-0.4, -0.2) is 41.8 Å². The number of phenols is 1. The summed E-state index contributed by atoms with van der Waals surface area (Å²) in [6, 6.07) is 5.66. The highest BCUT2D eigenvalue weighted by Gasteiger charge is 2.23. The van der Waals surface area contributed by atoms with Crippen LogP contribution in [0.3, 0.4) is 0 Å². The molecule has 2 rings (SSSR count). The number of benzene rings is 1. The van der Waals surface area contributed by atoms with E-state index < -0.39 is 0 Å². The Morgan fingerprint density at radius 2 is 2.19 bits per heavy atom. The molecule has 0 aromatic heterocycles. The molecule has 0 unspecified atom stereocenters. The average Bonchev–Trinajstić information content (AvgIpc) is 2.49. The van der Waals surface area contributed by atoms with Gasteiger partial charge in [-0.15, -0.1) is 0 Å². The number of phenolic OH excluding ortho intramolecular Hbond substituents is 1. The molecule has 1 aliphatic rings. The highest BCUT2D eigenvalue weighted by Crippen LogP contribution is 2.27. The number of rotatable bonds is 4. The Morgan fingerprint density at radius 1 is 1.48 bits per heavy atom. The van der Waals surface area contributed by atoms with Gasteiger partial charge < -0.3 is 20.1 Å². The fraction of sp³-hybridized carbons (Fsp3) is 0.533. The summed E-state index contributed by atoms with van der Waals surface area (Å²) >= 11 is 5.88. The monoisotopic (exact) mass is 312 g/mol. The Hall–Kier alpha value is -1.46. The van der Waals surface area contributed by atoms with Gasteiger partial charge in [0.1, 0.15) is 5.75 Å². The number of para-hydroxylation sites is 1. The topological polar surface area (TPSA) is 61.8 Å². The summed E-state index contributed by atoms with van der Waals surface area (Å²) in [5.74, 6) is 0.135. The van der Waals surface area contributed by atoms with Crippen LogP contribution in [0, 0.1) is 0 Å². The molecule has 1 aliphatic heterocycles. The molecule has 0 bridgehead atoms. The van der Waals surface area contributed by atoms with Crippen molar-refractivity contribution >= 4 is 17.7 Å². The van der Waals surface area contributed by atoms with Gasteiger partial charge in [0, 0.05) is 31.2 Å². The van der Waals surface area contributed by atoms with Gasteiger partial charge in [0.05, 0.1) is 11.6 Å². The van der Waals surface area contributed by atoms with Gasteiger partial charge in [-0.3, -0.25) is 0 Å². The minimum atomic E-state index is -0.233. The third-order valence-corrected chi connectivity index (χ3v) is 3.98. The molecule has 0 saturated carbocycles. The SMILES string of the molecule is CCOC(=O)N1CCC(NCc2cccc(Cl)c2O)CC1. The van der Waals surface area contributed by atoms with E-state index in [2.05, 4.69) is 5.32 Å². The molecular weight excluding hydrogens is 292 g/mol. The molecule has 5 nitrogen and oxygen atoms in total. The Labute approximate surface area is 129 Å². The normalized spacial score (nSPS) is 16.0. The summed E-state index contributed by atoms with van der Waals surface area (Å²) in [7, 11) is 0. The van der Waals surface area contributed by atoms with Gasteiger partial charge in [-0.2, -0.15) is 0 Å². The van der Waals surface area contributed by atoms with Crippen LogP contribution in [0.2, 0.25) is 5.02 Å². The second-order valence-corrected chi connectivity index (χ2v) is 5.50. The van der Waals surface area contributed by atoms with Gasteiger partial charge in [0.25, 0.3) is 0 Å². The van der Waals surface area contributed by atoms with Crippen molar-refractivity contribution < 1.29 is 14.6 Å². The van der Waals surface area contributed by atoms with E-state index in [1.807, 2.05) is 19.1 Å². The number of aromatic hydroxyl groups is 1. The fourth-order valence-electron chi connectivity index (χ4n) is 2.44. The maximum Gasteiger partial charge on any atom is 0.409 e. The van der Waals surface area contributed by atoms with Crippen LogP contribution in [-0.2, 0) is 11.3 Å². The molecule has 0 atom stereocenters. The molecule has 1 amide bonds. The predicted molar refractivity (Wildman–Crippen MR) is 81.6 cm³/mol. The molecule has 1 saturated heterocycles. The lowest BCUT2D eigenvalue weighted by molar-refractivity contribution is 0.0950. The number of piperidine rings is 1. The van der Waals surface area contributed by atoms with E-state index >= 15 is 0 Å². The number of carbonyl (C=O) groups is 1. The van der Waals surface area contributed by atoms with Crippen molar-refractivity contribution in [1.82, 2.24) is 10.2 Å². The van der Waals surface area contributed by atoms with Crippen molar-refractivity contribution in [3.05, 3.63) is 28.8 Å². The molecule has 0 aliphatic carbocycles. The molecule has 21 heavy (non-hydrogen) atoms. The van der Waals surface area contributed by atoms with E-state index in [9.17, 15) is 9.90 Å². The molecule has 6 heteroatoms. The number of likely N-dealkylation sites (tertiary alicyclic amines) is 1. The lowest BCUT2D eigenvalue weighted by Gasteiger charge is -2.31. The number of nitrogens with zero attached hydrogens (tertiary/aromatic N) is 1. The zero-order valence-corrected chi connectivity index (χ0v) is 12.9. The van der Waals surface area contributed by atoms with Crippen molar-refractivity contribution in [3.8, 4) is 5.75 Å². The lowest BCUT2D eigenvalue weighted by atomic mass is 10.0. The molecule has 1 aromatic rings. The van der Waals surface area contributed by atoms with Crippen molar-refractivity contribution in [2.24, 2.45) is 0 Å². The zero-order chi connectivity index (χ0) is 15.2. The summed E-state index contributed by atoms with van der Waals surface area (Å²) in [6.07, 6.45) is 1.52. The second kappa shape index (κ2) is 7.52. The summed E-state index contributed by atoms with van der Waals surface area (Å²) < 4.78 is 4.99. The van der Waals surface area contributed by atoms with E-state index in [1.165, 1.54) is 0 Å². The Kier molecular flexibility index (Phi) is 5.70. The average molecular weight is 313 g/mol. The number of nitrogens with one attached hydrogen (secondary N) is 1. The number of amides is 1. The first-order valence-corrected chi connectivity index (χ1v) is 7.61. The van der Waals surface area contributed by atoms with Crippen molar-refractivity contribution in [2.75, 3.05) is 19.7 Å². The first-order valence-electron chi connectivity index (χ1n) is 7.23. The van der Waals surface area contributed by atoms with Gasteiger partial charge in [0.2, 0.25) is 0 Å². The maximum absolute atomic E-state index is 11.6. The van der Waals surface area contributed by atoms with Crippen LogP contribution < -0.4 is 5.32 Å². The fourth-order valence-corrected chi connectivity index (χ4v) is 2.63. The quantitative estimate of drug-likeness (QED) is 0.897. The van der Waals surface area contributed by atoms with E-state index in [0.29, 0.717) is 37.3 Å². The van der Waals surface area contributed by atoms with Crippen LogP contribution in [0.15, 0.2) is 18.2 Å². The van der Waals surface area contributed by atoms with Crippen molar-refractivity contribution in [1.29, 1.82) is 0 Å². The number of ether oxygens (including phenoxy) is 1. The van der Waals surface area contributed by atoms with Crippen LogP contribution in [0.25, 0.3) is 0 Å². The standard InChI is InChI=1S/C15H21ClN2O3/c1-2-21-15(20)18-8-6-12(7-9-18)17-10-11-4-3-5-13(16)14(11)19/h3-5,12,17,19H,2,6-10H2,1H3. The molecule has 1 heterocycles. The summed E-state index contributed by atoms with van der Waals surface area (Å²) in [4.78, 5) is 13.3. The van der Waals surface area contributed by atoms with E-state index in [4.69, 9.17) is 16.3 Å². The number of hydrogen-bond donors (Lipinski definition) is 2. The van der Waals surface area contributed by atoms with E-state index in [0.717, 1.165) is 18.4 Å². The third kappa shape index (κ3) is 4.25. The molecular formula is C15H21ClN2O3. The number of halogens is 1. The summed E-state index contributed by atoms with van der Waals surface area (Å²) in [5.41, 5.74) is 0.787. The maximum atomic E-state index is 11.6. The van der Waals surface area contributed by atoms with E-state index in [-0.39, 0.29) is 11.8 Å². The van der Waals surface area contributed by atoms with Crippen molar-refractivity contribution in [2.45, 2.75) is 32.4 Å². The summed E-state index contributed by atoms with van der Waals surface area (Å²) in [5, 5.41) is 13.6. The minimum Gasteiger partial charge on any atom is -0.506 e. The first-order chi connectivity index (χ1) is 10.1.